The number of nitrogens with one attached hydrogen (secondary N) is 1. The van der Waals surface area contributed by atoms with Crippen LogP contribution in [0.15, 0.2) is 96.1 Å². The molecule has 0 amide bonds. The zero-order valence-corrected chi connectivity index (χ0v) is 32.2. The smallest absolute Gasteiger partial charge is 0.412 e. The minimum absolute atomic E-state index is 0. The SMILES string of the molecule is CC(=O)C(C)C.CC(C)C(=O)C(OS(=O)(=O)C(F)(F)F)c1ccccc1.CC(C)C1=NNC(c2ccccc2)C1.CO.NN.O.O=Cc1ccccc1. The first-order valence-electron chi connectivity index (χ1n) is 16.1. The number of aliphatic hydroxyl groups excluding tert-OH is 1. The molecule has 0 saturated heterocycles. The van der Waals surface area contributed by atoms with E-state index in [9.17, 15) is 36.0 Å². The normalized spacial score (nSPS) is 13.5. The van der Waals surface area contributed by atoms with E-state index >= 15 is 0 Å². The number of carbonyl (C=O) groups excluding carboxylic acids is 3. The number of aldehydes is 1. The Balaban J connectivity index is -0.000000657. The van der Waals surface area contributed by atoms with Gasteiger partial charge in [0.05, 0.1) is 6.04 Å². The lowest BCUT2D eigenvalue weighted by molar-refractivity contribution is -0.130. The zero-order valence-electron chi connectivity index (χ0n) is 31.4. The number of Topliss-reactive ketones (excluding diaryl/α,β-unsaturated/α-hetero) is 2. The van der Waals surface area contributed by atoms with Crippen molar-refractivity contribution in [3.63, 3.8) is 0 Å². The van der Waals surface area contributed by atoms with Gasteiger partial charge in [0.15, 0.2) is 11.9 Å². The van der Waals surface area contributed by atoms with Crippen LogP contribution in [0.4, 0.5) is 13.2 Å². The van der Waals surface area contributed by atoms with Crippen LogP contribution in [0.3, 0.4) is 0 Å². The summed E-state index contributed by atoms with van der Waals surface area (Å²) in [6.07, 6.45) is 0.0737. The molecule has 53 heavy (non-hydrogen) atoms. The van der Waals surface area contributed by atoms with E-state index in [1.807, 2.05) is 38.1 Å². The molecule has 16 heteroatoms. The van der Waals surface area contributed by atoms with Crippen LogP contribution < -0.4 is 17.1 Å². The predicted octanol–water partition coefficient (Wildman–Crippen LogP) is 5.89. The molecule has 0 aliphatic carbocycles. The van der Waals surface area contributed by atoms with Crippen molar-refractivity contribution in [3.05, 3.63) is 108 Å². The molecule has 1 heterocycles. The highest BCUT2D eigenvalue weighted by Gasteiger charge is 2.49. The molecule has 4 rings (SSSR count). The number of nitrogens with zero attached hydrogens (tertiary/aromatic N) is 1. The van der Waals surface area contributed by atoms with Gasteiger partial charge in [-0.3, -0.25) is 26.1 Å². The predicted molar refractivity (Wildman–Crippen MR) is 202 cm³/mol. The Morgan fingerprint density at radius 1 is 0.849 bits per heavy atom. The molecular weight excluding hydrogens is 717 g/mol. The van der Waals surface area contributed by atoms with E-state index in [4.69, 9.17) is 5.11 Å². The molecule has 0 spiro atoms. The second kappa shape index (κ2) is 28.2. The second-order valence-corrected chi connectivity index (χ2v) is 13.3. The van der Waals surface area contributed by atoms with Crippen molar-refractivity contribution >= 4 is 33.7 Å². The molecule has 3 aromatic rings. The first kappa shape index (κ1) is 53.0. The van der Waals surface area contributed by atoms with Crippen molar-refractivity contribution in [2.75, 3.05) is 7.11 Å². The van der Waals surface area contributed by atoms with E-state index in [0.717, 1.165) is 25.4 Å². The van der Waals surface area contributed by atoms with Crippen LogP contribution in [0.5, 0.6) is 0 Å². The van der Waals surface area contributed by atoms with Gasteiger partial charge in [-0.15, -0.1) is 0 Å². The number of nitrogens with two attached hydrogens (primary N) is 2. The van der Waals surface area contributed by atoms with Crippen molar-refractivity contribution in [1.29, 1.82) is 0 Å². The van der Waals surface area contributed by atoms with E-state index in [1.165, 1.54) is 49.4 Å². The topological polar surface area (TPSA) is 223 Å². The molecule has 3 aromatic carbocycles. The second-order valence-electron chi connectivity index (χ2n) is 11.7. The van der Waals surface area contributed by atoms with Gasteiger partial charge in [0, 0.05) is 36.6 Å². The molecule has 2 atom stereocenters. The number of hydrogen-bond donors (Lipinski definition) is 4. The van der Waals surface area contributed by atoms with Gasteiger partial charge in [-0.1, -0.05) is 133 Å². The molecule has 2 unspecified atom stereocenters. The summed E-state index contributed by atoms with van der Waals surface area (Å²) in [6.45, 7) is 12.7. The Bertz CT molecular complexity index is 1560. The summed E-state index contributed by atoms with van der Waals surface area (Å²) in [7, 11) is -4.84. The number of alkyl halides is 3. The number of hydrogen-bond acceptors (Lipinski definition) is 11. The third-order valence-electron chi connectivity index (χ3n) is 6.83. The van der Waals surface area contributed by atoms with Crippen LogP contribution in [-0.2, 0) is 23.9 Å². The maximum Gasteiger partial charge on any atom is 0.523 e. The zero-order chi connectivity index (χ0) is 40.5. The Kier molecular flexibility index (Phi) is 28.2. The van der Waals surface area contributed by atoms with E-state index in [1.54, 1.807) is 25.1 Å². The van der Waals surface area contributed by atoms with Gasteiger partial charge in [0.1, 0.15) is 12.1 Å². The Morgan fingerprint density at radius 2 is 1.26 bits per heavy atom. The highest BCUT2D eigenvalue weighted by molar-refractivity contribution is 7.87. The first-order chi connectivity index (χ1) is 24.4. The van der Waals surface area contributed by atoms with E-state index < -0.39 is 33.4 Å². The van der Waals surface area contributed by atoms with E-state index in [2.05, 4.69) is 64.5 Å². The van der Waals surface area contributed by atoms with Crippen molar-refractivity contribution in [2.45, 2.75) is 72.5 Å². The number of rotatable bonds is 9. The van der Waals surface area contributed by atoms with Gasteiger partial charge < -0.3 is 16.0 Å². The summed E-state index contributed by atoms with van der Waals surface area (Å²) < 4.78 is 63.3. The van der Waals surface area contributed by atoms with Crippen LogP contribution in [0, 0.1) is 17.8 Å². The van der Waals surface area contributed by atoms with Crippen LogP contribution in [0.2, 0.25) is 0 Å². The fraction of sp³-hybridized carbons (Fsp3) is 0.405. The lowest BCUT2D eigenvalue weighted by atomic mass is 9.98. The minimum atomic E-state index is -5.84. The minimum Gasteiger partial charge on any atom is -0.412 e. The average molecular weight is 773 g/mol. The Labute approximate surface area is 311 Å². The van der Waals surface area contributed by atoms with Gasteiger partial charge in [-0.2, -0.15) is 26.7 Å². The molecular formula is C37H55F3N4O8S. The third kappa shape index (κ3) is 21.1. The third-order valence-corrected chi connectivity index (χ3v) is 7.84. The molecule has 12 nitrogen and oxygen atoms in total. The maximum absolute atomic E-state index is 12.3. The van der Waals surface area contributed by atoms with Crippen LogP contribution in [-0.4, -0.2) is 55.2 Å². The molecule has 0 bridgehead atoms. The van der Waals surface area contributed by atoms with Crippen LogP contribution in [0.1, 0.15) is 88.5 Å². The molecule has 0 saturated carbocycles. The van der Waals surface area contributed by atoms with Gasteiger partial charge in [0.25, 0.3) is 0 Å². The van der Waals surface area contributed by atoms with Crippen LogP contribution >= 0.6 is 0 Å². The monoisotopic (exact) mass is 772 g/mol. The molecule has 8 N–H and O–H groups in total. The summed E-state index contributed by atoms with van der Waals surface area (Å²) in [6, 6.07) is 27.2. The number of benzene rings is 3. The number of ketones is 2. The number of aliphatic hydroxyl groups is 1. The van der Waals surface area contributed by atoms with Crippen molar-refractivity contribution < 1.29 is 50.7 Å². The summed E-state index contributed by atoms with van der Waals surface area (Å²) in [5, 5.41) is 11.4. The fourth-order valence-electron chi connectivity index (χ4n) is 3.61. The molecule has 1 aliphatic heterocycles. The number of hydrazine groups is 1. The van der Waals surface area contributed by atoms with Gasteiger partial charge in [0.2, 0.25) is 0 Å². The van der Waals surface area contributed by atoms with Crippen LogP contribution in [0.25, 0.3) is 0 Å². The molecule has 1 aliphatic rings. The van der Waals surface area contributed by atoms with Gasteiger partial charge >= 0.3 is 15.6 Å². The number of hydrazone groups is 1. The lowest BCUT2D eigenvalue weighted by Gasteiger charge is -2.19. The van der Waals surface area contributed by atoms with Crippen molar-refractivity contribution in [3.8, 4) is 0 Å². The van der Waals surface area contributed by atoms with Gasteiger partial charge in [-0.05, 0) is 24.0 Å². The van der Waals surface area contributed by atoms with E-state index in [-0.39, 0.29) is 22.7 Å². The highest BCUT2D eigenvalue weighted by atomic mass is 32.2. The largest absolute Gasteiger partial charge is 0.523 e. The number of halogens is 3. The van der Waals surface area contributed by atoms with Crippen molar-refractivity contribution in [1.82, 2.24) is 5.43 Å². The number of carbonyl (C=O) groups is 3. The summed E-state index contributed by atoms with van der Waals surface area (Å²) in [5.41, 5.74) is 1.01. The standard InChI is InChI=1S/C12H13F3O4S.C12H16N2.C7H6O.C5H10O.CH4O.H4N2.H2O/c1-8(2)10(16)11(9-6-4-3-5-7-9)19-20(17,18)12(13,14)15;1-9(2)11-8-12(14-13-11)10-6-4-3-5-7-10;8-6-7-4-2-1-3-5-7;1-4(2)5(3)6;2*1-2;/h3-8,11H,1-2H3;3-7,9,12,14H,8H2,1-2H3;1-6H;4H,1-3H3;2H,1H3;1-2H2;1H2. The molecule has 298 valence electrons. The average Bonchev–Trinajstić information content (AvgIpc) is 3.65. The first-order valence-corrected chi connectivity index (χ1v) is 17.6. The summed E-state index contributed by atoms with van der Waals surface area (Å²) in [5.74, 6) is 7.60. The maximum atomic E-state index is 12.3. The highest BCUT2D eigenvalue weighted by Crippen LogP contribution is 2.32. The molecule has 0 radical (unpaired) electrons. The Morgan fingerprint density at radius 3 is 1.58 bits per heavy atom. The lowest BCUT2D eigenvalue weighted by Crippen LogP contribution is -2.31. The fourth-order valence-corrected chi connectivity index (χ4v) is 4.18. The summed E-state index contributed by atoms with van der Waals surface area (Å²) in [4.78, 5) is 32.0. The van der Waals surface area contributed by atoms with Gasteiger partial charge in [-0.25, -0.2) is 4.18 Å². The quantitative estimate of drug-likeness (QED) is 0.0664. The molecule has 0 aromatic heterocycles. The van der Waals surface area contributed by atoms with Crippen molar-refractivity contribution in [2.24, 2.45) is 34.5 Å². The van der Waals surface area contributed by atoms with E-state index in [0.29, 0.717) is 12.0 Å². The summed E-state index contributed by atoms with van der Waals surface area (Å²) >= 11 is 0. The Hall–Kier alpha value is -4.32. The molecule has 0 fully saturated rings.